The van der Waals surface area contributed by atoms with Crippen LogP contribution >= 0.6 is 11.3 Å². The van der Waals surface area contributed by atoms with Gasteiger partial charge in [-0.25, -0.2) is 4.98 Å². The predicted octanol–water partition coefficient (Wildman–Crippen LogP) is 4.38. The van der Waals surface area contributed by atoms with Gasteiger partial charge < -0.3 is 14.2 Å². The number of thiazole rings is 1. The molecule has 0 saturated carbocycles. The molecule has 6 heteroatoms. The molecule has 0 unspecified atom stereocenters. The first kappa shape index (κ1) is 17.9. The van der Waals surface area contributed by atoms with Gasteiger partial charge in [0.2, 0.25) is 11.5 Å². The monoisotopic (exact) mass is 369 g/mol. The van der Waals surface area contributed by atoms with Crippen LogP contribution < -0.4 is 14.2 Å². The summed E-state index contributed by atoms with van der Waals surface area (Å²) in [5, 5.41) is 2.30. The number of carbonyl (C=O) groups is 1. The predicted molar refractivity (Wildman–Crippen MR) is 102 cm³/mol. The molecular weight excluding hydrogens is 350 g/mol. The summed E-state index contributed by atoms with van der Waals surface area (Å²) in [5.41, 5.74) is 3.38. The normalized spacial score (nSPS) is 10.5. The third-order valence-electron chi connectivity index (χ3n) is 3.97. The highest BCUT2D eigenvalue weighted by atomic mass is 32.1. The first-order chi connectivity index (χ1) is 12.6. The van der Waals surface area contributed by atoms with Crippen molar-refractivity contribution in [3.63, 3.8) is 0 Å². The molecule has 0 aliphatic heterocycles. The van der Waals surface area contributed by atoms with Crippen LogP contribution in [0.1, 0.15) is 20.9 Å². The maximum Gasteiger partial charge on any atom is 0.221 e. The van der Waals surface area contributed by atoms with Crippen LogP contribution in [-0.4, -0.2) is 32.1 Å². The van der Waals surface area contributed by atoms with Gasteiger partial charge in [-0.3, -0.25) is 4.79 Å². The molecule has 0 saturated heterocycles. The van der Waals surface area contributed by atoms with Gasteiger partial charge in [-0.15, -0.1) is 11.3 Å². The Morgan fingerprint density at radius 3 is 2.12 bits per heavy atom. The van der Waals surface area contributed by atoms with Crippen molar-refractivity contribution in [1.82, 2.24) is 4.98 Å². The lowest BCUT2D eigenvalue weighted by Gasteiger charge is -2.13. The van der Waals surface area contributed by atoms with Crippen molar-refractivity contribution in [2.75, 3.05) is 21.3 Å². The Kier molecular flexibility index (Phi) is 5.23. The number of hydrogen-bond acceptors (Lipinski definition) is 6. The van der Waals surface area contributed by atoms with E-state index in [4.69, 9.17) is 14.2 Å². The van der Waals surface area contributed by atoms with E-state index in [2.05, 4.69) is 4.98 Å². The Bertz CT molecular complexity index is 906. The molecule has 1 aromatic heterocycles. The molecule has 3 aromatic rings. The van der Waals surface area contributed by atoms with Crippen molar-refractivity contribution in [3.8, 4) is 28.5 Å². The van der Waals surface area contributed by atoms with Crippen LogP contribution in [0.3, 0.4) is 0 Å². The molecule has 0 spiro atoms. The molecule has 26 heavy (non-hydrogen) atoms. The van der Waals surface area contributed by atoms with Crippen molar-refractivity contribution in [3.05, 3.63) is 57.9 Å². The number of hydrogen-bond donors (Lipinski definition) is 0. The van der Waals surface area contributed by atoms with Gasteiger partial charge in [-0.2, -0.15) is 0 Å². The van der Waals surface area contributed by atoms with Crippen LogP contribution in [0.25, 0.3) is 11.3 Å². The van der Waals surface area contributed by atoms with Crippen LogP contribution in [0.2, 0.25) is 0 Å². The van der Waals surface area contributed by atoms with Crippen molar-refractivity contribution >= 4 is 17.1 Å². The molecule has 0 atom stereocenters. The zero-order chi connectivity index (χ0) is 18.7. The number of rotatable bonds is 6. The van der Waals surface area contributed by atoms with Crippen molar-refractivity contribution in [2.24, 2.45) is 0 Å². The fraction of sp³-hybridized carbons (Fsp3) is 0.200. The van der Waals surface area contributed by atoms with Gasteiger partial charge in [0, 0.05) is 16.5 Å². The molecule has 3 rings (SSSR count). The summed E-state index contributed by atoms with van der Waals surface area (Å²) in [6.07, 6.45) is 0. The van der Waals surface area contributed by atoms with Gasteiger partial charge in [0.25, 0.3) is 0 Å². The average Bonchev–Trinajstić information content (AvgIpc) is 3.16. The standard InChI is InChI=1S/C20H19NO4S/c1-12-5-7-13(8-6-12)15-11-26-20(21-15)18(22)14-9-16(23-2)19(25-4)17(10-14)24-3/h5-11H,1-4H3. The van der Waals surface area contributed by atoms with Crippen LogP contribution in [0, 0.1) is 6.92 Å². The number of methoxy groups -OCH3 is 3. The maximum absolute atomic E-state index is 12.9. The topological polar surface area (TPSA) is 57.7 Å². The molecule has 5 nitrogen and oxygen atoms in total. The third-order valence-corrected chi connectivity index (χ3v) is 4.81. The third kappa shape index (κ3) is 3.41. The Balaban J connectivity index is 1.96. The van der Waals surface area contributed by atoms with Crippen molar-refractivity contribution < 1.29 is 19.0 Å². The number of carbonyl (C=O) groups excluding carboxylic acids is 1. The molecule has 0 aliphatic carbocycles. The molecule has 0 aliphatic rings. The minimum Gasteiger partial charge on any atom is -0.493 e. The number of benzene rings is 2. The second-order valence-corrected chi connectivity index (χ2v) is 6.51. The molecule has 0 fully saturated rings. The first-order valence-electron chi connectivity index (χ1n) is 7.94. The van der Waals surface area contributed by atoms with Gasteiger partial charge in [0.1, 0.15) is 0 Å². The summed E-state index contributed by atoms with van der Waals surface area (Å²) in [7, 11) is 4.56. The van der Waals surface area contributed by atoms with E-state index in [1.54, 1.807) is 12.1 Å². The minimum absolute atomic E-state index is 0.187. The summed E-state index contributed by atoms with van der Waals surface area (Å²) in [5.74, 6) is 1.13. The molecule has 1 heterocycles. The average molecular weight is 369 g/mol. The largest absolute Gasteiger partial charge is 0.493 e. The second-order valence-electron chi connectivity index (χ2n) is 5.65. The van der Waals surface area contributed by atoms with Crippen LogP contribution in [0.15, 0.2) is 41.8 Å². The summed E-state index contributed by atoms with van der Waals surface area (Å²) < 4.78 is 15.9. The van der Waals surface area contributed by atoms with E-state index in [0.29, 0.717) is 27.8 Å². The number of ether oxygens (including phenoxy) is 3. The summed E-state index contributed by atoms with van der Waals surface area (Å²) in [6.45, 7) is 2.03. The Morgan fingerprint density at radius 1 is 0.962 bits per heavy atom. The van der Waals surface area contributed by atoms with E-state index in [-0.39, 0.29) is 5.78 Å². The van der Waals surface area contributed by atoms with Gasteiger partial charge in [0.05, 0.1) is 27.0 Å². The second kappa shape index (κ2) is 7.58. The van der Waals surface area contributed by atoms with E-state index in [0.717, 1.165) is 11.3 Å². The van der Waals surface area contributed by atoms with Gasteiger partial charge in [-0.05, 0) is 19.1 Å². The summed E-state index contributed by atoms with van der Waals surface area (Å²) in [4.78, 5) is 17.4. The summed E-state index contributed by atoms with van der Waals surface area (Å²) in [6, 6.07) is 11.3. The number of nitrogens with zero attached hydrogens (tertiary/aromatic N) is 1. The SMILES string of the molecule is COc1cc(C(=O)c2nc(-c3ccc(C)cc3)cs2)cc(OC)c1OC. The van der Waals surface area contributed by atoms with E-state index < -0.39 is 0 Å². The smallest absolute Gasteiger partial charge is 0.221 e. The quantitative estimate of drug-likeness (QED) is 0.604. The molecule has 2 aromatic carbocycles. The lowest BCUT2D eigenvalue weighted by molar-refractivity contribution is 0.103. The molecule has 0 bridgehead atoms. The lowest BCUT2D eigenvalue weighted by Crippen LogP contribution is -2.04. The molecule has 134 valence electrons. The first-order valence-corrected chi connectivity index (χ1v) is 8.82. The minimum atomic E-state index is -0.187. The zero-order valence-corrected chi connectivity index (χ0v) is 15.8. The van der Waals surface area contributed by atoms with E-state index in [1.807, 2.05) is 36.6 Å². The van der Waals surface area contributed by atoms with E-state index >= 15 is 0 Å². The Labute approximate surface area is 156 Å². The fourth-order valence-corrected chi connectivity index (χ4v) is 3.36. The van der Waals surface area contributed by atoms with Gasteiger partial charge in [0.15, 0.2) is 16.5 Å². The van der Waals surface area contributed by atoms with Crippen molar-refractivity contribution in [1.29, 1.82) is 0 Å². The van der Waals surface area contributed by atoms with Crippen LogP contribution in [-0.2, 0) is 0 Å². The highest BCUT2D eigenvalue weighted by molar-refractivity contribution is 7.12. The molecule has 0 amide bonds. The van der Waals surface area contributed by atoms with Crippen LogP contribution in [0.5, 0.6) is 17.2 Å². The van der Waals surface area contributed by atoms with Crippen LogP contribution in [0.4, 0.5) is 0 Å². The molecule has 0 N–H and O–H groups in total. The zero-order valence-electron chi connectivity index (χ0n) is 15.0. The molecule has 0 radical (unpaired) electrons. The fourth-order valence-electron chi connectivity index (χ4n) is 2.57. The van der Waals surface area contributed by atoms with E-state index in [1.165, 1.54) is 38.2 Å². The number of ketones is 1. The highest BCUT2D eigenvalue weighted by Crippen LogP contribution is 2.39. The number of aromatic nitrogens is 1. The Morgan fingerprint density at radius 2 is 1.58 bits per heavy atom. The van der Waals surface area contributed by atoms with Crippen molar-refractivity contribution in [2.45, 2.75) is 6.92 Å². The number of aryl methyl sites for hydroxylation is 1. The lowest BCUT2D eigenvalue weighted by atomic mass is 10.1. The van der Waals surface area contributed by atoms with Gasteiger partial charge >= 0.3 is 0 Å². The van der Waals surface area contributed by atoms with Gasteiger partial charge in [-0.1, -0.05) is 29.8 Å². The maximum atomic E-state index is 12.9. The molecular formula is C20H19NO4S. The Hall–Kier alpha value is -2.86. The highest BCUT2D eigenvalue weighted by Gasteiger charge is 2.20. The summed E-state index contributed by atoms with van der Waals surface area (Å²) >= 11 is 1.31. The van der Waals surface area contributed by atoms with E-state index in [9.17, 15) is 4.79 Å².